The van der Waals surface area contributed by atoms with Gasteiger partial charge in [0.2, 0.25) is 0 Å². The number of nitrogens with one attached hydrogen (secondary N) is 1. The van der Waals surface area contributed by atoms with E-state index in [-0.39, 0.29) is 6.61 Å². The second-order valence-corrected chi connectivity index (χ2v) is 4.92. The number of amides is 1. The number of hydrogen-bond acceptors (Lipinski definition) is 6. The van der Waals surface area contributed by atoms with E-state index in [9.17, 15) is 14.4 Å². The number of anilines is 1. The monoisotopic (exact) mass is 343 g/mol. The second-order valence-electron chi connectivity index (χ2n) is 4.92. The normalized spacial score (nSPS) is 9.80. The van der Waals surface area contributed by atoms with Crippen molar-refractivity contribution in [3.8, 4) is 11.5 Å². The van der Waals surface area contributed by atoms with Gasteiger partial charge in [-0.2, -0.15) is 0 Å². The molecule has 0 radical (unpaired) electrons. The molecule has 7 nitrogen and oxygen atoms in total. The molecule has 7 heteroatoms. The Bertz CT molecular complexity index is 741. The Morgan fingerprint density at radius 1 is 1.04 bits per heavy atom. The maximum absolute atomic E-state index is 11.8. The Kier molecular flexibility index (Phi) is 6.53. The fraction of sp³-hybridized carbons (Fsp3) is 0.167. The molecule has 0 spiro atoms. The Balaban J connectivity index is 1.73. The summed E-state index contributed by atoms with van der Waals surface area (Å²) in [7, 11) is 1.52. The van der Waals surface area contributed by atoms with Crippen LogP contribution in [0.25, 0.3) is 0 Å². The van der Waals surface area contributed by atoms with Crippen molar-refractivity contribution in [1.29, 1.82) is 0 Å². The topological polar surface area (TPSA) is 90.9 Å². The number of carbonyl (C=O) groups excluding carboxylic acids is 3. The van der Waals surface area contributed by atoms with Gasteiger partial charge in [0.1, 0.15) is 17.8 Å². The Labute approximate surface area is 144 Å². The lowest BCUT2D eigenvalue weighted by Gasteiger charge is -2.08. The first-order chi connectivity index (χ1) is 12.1. The summed E-state index contributed by atoms with van der Waals surface area (Å²) in [5.41, 5.74) is 1.04. The van der Waals surface area contributed by atoms with Gasteiger partial charge in [0.25, 0.3) is 5.91 Å². The van der Waals surface area contributed by atoms with Gasteiger partial charge < -0.3 is 19.5 Å². The fourth-order valence-corrected chi connectivity index (χ4v) is 1.87. The van der Waals surface area contributed by atoms with E-state index in [0.29, 0.717) is 29.0 Å². The first-order valence-electron chi connectivity index (χ1n) is 7.38. The molecule has 0 aliphatic heterocycles. The van der Waals surface area contributed by atoms with E-state index in [0.717, 1.165) is 0 Å². The van der Waals surface area contributed by atoms with Crippen molar-refractivity contribution in [2.24, 2.45) is 0 Å². The minimum atomic E-state index is -0.680. The van der Waals surface area contributed by atoms with E-state index in [4.69, 9.17) is 14.2 Å². The van der Waals surface area contributed by atoms with E-state index in [1.54, 1.807) is 48.5 Å². The molecule has 0 bridgehead atoms. The number of methoxy groups -OCH3 is 1. The zero-order valence-corrected chi connectivity index (χ0v) is 13.6. The molecule has 0 saturated carbocycles. The van der Waals surface area contributed by atoms with Crippen molar-refractivity contribution in [1.82, 2.24) is 0 Å². The molecule has 2 aromatic carbocycles. The third-order valence-electron chi connectivity index (χ3n) is 3.09. The SMILES string of the molecule is COc1cccc(NC(=O)COC(=O)COc2ccc(C=O)cc2)c1. The van der Waals surface area contributed by atoms with Crippen LogP contribution in [0.1, 0.15) is 10.4 Å². The molecule has 130 valence electrons. The quantitative estimate of drug-likeness (QED) is 0.583. The van der Waals surface area contributed by atoms with Gasteiger partial charge in [-0.15, -0.1) is 0 Å². The summed E-state index contributed by atoms with van der Waals surface area (Å²) in [5.74, 6) is -0.135. The van der Waals surface area contributed by atoms with Crippen LogP contribution in [0.3, 0.4) is 0 Å². The molecule has 2 rings (SSSR count). The number of aldehydes is 1. The van der Waals surface area contributed by atoms with Crippen molar-refractivity contribution in [3.05, 3.63) is 54.1 Å². The largest absolute Gasteiger partial charge is 0.497 e. The molecule has 2 aromatic rings. The van der Waals surface area contributed by atoms with Crippen molar-refractivity contribution in [2.75, 3.05) is 25.6 Å². The van der Waals surface area contributed by atoms with E-state index < -0.39 is 18.5 Å². The molecule has 0 aromatic heterocycles. The van der Waals surface area contributed by atoms with Crippen molar-refractivity contribution < 1.29 is 28.6 Å². The molecule has 25 heavy (non-hydrogen) atoms. The lowest BCUT2D eigenvalue weighted by Crippen LogP contribution is -2.23. The van der Waals surface area contributed by atoms with Crippen molar-refractivity contribution in [2.45, 2.75) is 0 Å². The third kappa shape index (κ3) is 5.98. The van der Waals surface area contributed by atoms with E-state index in [2.05, 4.69) is 5.32 Å². The van der Waals surface area contributed by atoms with Crippen LogP contribution in [0.5, 0.6) is 11.5 Å². The van der Waals surface area contributed by atoms with Crippen molar-refractivity contribution in [3.63, 3.8) is 0 Å². The van der Waals surface area contributed by atoms with Gasteiger partial charge >= 0.3 is 5.97 Å². The summed E-state index contributed by atoms with van der Waals surface area (Å²) in [4.78, 5) is 33.9. The summed E-state index contributed by atoms with van der Waals surface area (Å²) in [6, 6.07) is 13.1. The van der Waals surface area contributed by atoms with Gasteiger partial charge in [-0.25, -0.2) is 4.79 Å². The molecule has 0 fully saturated rings. The standard InChI is InChI=1S/C18H17NO6/c1-23-16-4-2-3-14(9-16)19-17(21)11-25-18(22)12-24-15-7-5-13(10-20)6-8-15/h2-10H,11-12H2,1H3,(H,19,21). The molecule has 0 aliphatic rings. The highest BCUT2D eigenvalue weighted by atomic mass is 16.6. The Hall–Kier alpha value is -3.35. The summed E-state index contributed by atoms with van der Waals surface area (Å²) in [5, 5.41) is 2.59. The number of ether oxygens (including phenoxy) is 3. The average molecular weight is 343 g/mol. The highest BCUT2D eigenvalue weighted by Crippen LogP contribution is 2.16. The zero-order chi connectivity index (χ0) is 18.1. The van der Waals surface area contributed by atoms with Gasteiger partial charge in [0, 0.05) is 17.3 Å². The minimum Gasteiger partial charge on any atom is -0.497 e. The smallest absolute Gasteiger partial charge is 0.344 e. The van der Waals surface area contributed by atoms with Crippen LogP contribution < -0.4 is 14.8 Å². The van der Waals surface area contributed by atoms with Gasteiger partial charge in [-0.1, -0.05) is 6.07 Å². The van der Waals surface area contributed by atoms with Crippen LogP contribution in [0.15, 0.2) is 48.5 Å². The predicted octanol–water partition coefficient (Wildman–Crippen LogP) is 2.07. The Morgan fingerprint density at radius 2 is 1.80 bits per heavy atom. The molecule has 0 aliphatic carbocycles. The van der Waals surface area contributed by atoms with E-state index >= 15 is 0 Å². The first-order valence-corrected chi connectivity index (χ1v) is 7.38. The zero-order valence-electron chi connectivity index (χ0n) is 13.6. The van der Waals surface area contributed by atoms with E-state index in [1.807, 2.05) is 0 Å². The number of benzene rings is 2. The molecule has 0 heterocycles. The number of hydrogen-bond donors (Lipinski definition) is 1. The number of rotatable bonds is 8. The van der Waals surface area contributed by atoms with Crippen LogP contribution in [-0.4, -0.2) is 38.5 Å². The van der Waals surface area contributed by atoms with E-state index in [1.165, 1.54) is 7.11 Å². The summed E-state index contributed by atoms with van der Waals surface area (Å²) in [6.45, 7) is -0.768. The maximum Gasteiger partial charge on any atom is 0.344 e. The average Bonchev–Trinajstić information content (AvgIpc) is 2.65. The molecule has 1 amide bonds. The highest BCUT2D eigenvalue weighted by Gasteiger charge is 2.09. The van der Waals surface area contributed by atoms with Gasteiger partial charge in [-0.3, -0.25) is 9.59 Å². The summed E-state index contributed by atoms with van der Waals surface area (Å²) in [6.07, 6.45) is 0.707. The maximum atomic E-state index is 11.8. The minimum absolute atomic E-state index is 0.340. The van der Waals surface area contributed by atoms with Gasteiger partial charge in [-0.05, 0) is 36.4 Å². The lowest BCUT2D eigenvalue weighted by molar-refractivity contribution is -0.149. The summed E-state index contributed by atoms with van der Waals surface area (Å²) < 4.78 is 15.1. The van der Waals surface area contributed by atoms with Gasteiger partial charge in [0.05, 0.1) is 7.11 Å². The number of esters is 1. The molecular weight excluding hydrogens is 326 g/mol. The van der Waals surface area contributed by atoms with Crippen molar-refractivity contribution >= 4 is 23.9 Å². The van der Waals surface area contributed by atoms with Crippen LogP contribution >= 0.6 is 0 Å². The molecule has 0 saturated heterocycles. The molecular formula is C18H17NO6. The predicted molar refractivity (Wildman–Crippen MR) is 89.9 cm³/mol. The molecule has 1 N–H and O–H groups in total. The van der Waals surface area contributed by atoms with Crippen LogP contribution in [0, 0.1) is 0 Å². The van der Waals surface area contributed by atoms with Gasteiger partial charge in [0.15, 0.2) is 13.2 Å². The lowest BCUT2D eigenvalue weighted by atomic mass is 10.2. The second kappa shape index (κ2) is 9.07. The molecule has 0 unspecified atom stereocenters. The number of carbonyl (C=O) groups is 3. The van der Waals surface area contributed by atoms with Crippen LogP contribution in [-0.2, 0) is 14.3 Å². The van der Waals surface area contributed by atoms with Crippen LogP contribution in [0.4, 0.5) is 5.69 Å². The third-order valence-corrected chi connectivity index (χ3v) is 3.09. The molecule has 0 atom stereocenters. The summed E-state index contributed by atoms with van der Waals surface area (Å²) >= 11 is 0. The van der Waals surface area contributed by atoms with Crippen LogP contribution in [0.2, 0.25) is 0 Å². The highest BCUT2D eigenvalue weighted by molar-refractivity contribution is 5.93. The Morgan fingerprint density at radius 3 is 2.48 bits per heavy atom. The first kappa shape index (κ1) is 18.0. The fourth-order valence-electron chi connectivity index (χ4n) is 1.87.